The SMILES string of the molecule is O=C1[C@@H]2[C@H](C(=O)N1c1ccc(F)cc1)[C@@H]1CCCC1=C1CCC[C@@H]12. The molecule has 0 bridgehead atoms. The van der Waals surface area contributed by atoms with Gasteiger partial charge >= 0.3 is 0 Å². The van der Waals surface area contributed by atoms with E-state index in [0.717, 1.165) is 38.5 Å². The molecule has 0 N–H and O–H groups in total. The van der Waals surface area contributed by atoms with E-state index in [9.17, 15) is 14.0 Å². The number of benzene rings is 1. The lowest BCUT2D eigenvalue weighted by atomic mass is 9.66. The van der Waals surface area contributed by atoms with E-state index in [1.807, 2.05) is 0 Å². The van der Waals surface area contributed by atoms with Crippen molar-refractivity contribution in [3.8, 4) is 0 Å². The van der Waals surface area contributed by atoms with E-state index in [1.165, 1.54) is 28.2 Å². The maximum atomic E-state index is 13.2. The van der Waals surface area contributed by atoms with Crippen LogP contribution in [0.25, 0.3) is 0 Å². The molecular formula is C20H20FNO2. The van der Waals surface area contributed by atoms with Gasteiger partial charge in [0.1, 0.15) is 5.82 Å². The first-order valence-electron chi connectivity index (χ1n) is 9.02. The van der Waals surface area contributed by atoms with Crippen molar-refractivity contribution in [2.45, 2.75) is 38.5 Å². The zero-order chi connectivity index (χ0) is 16.4. The van der Waals surface area contributed by atoms with Crippen molar-refractivity contribution in [3.63, 3.8) is 0 Å². The number of rotatable bonds is 1. The average Bonchev–Trinajstić information content (AvgIpc) is 3.27. The van der Waals surface area contributed by atoms with Crippen LogP contribution in [0.3, 0.4) is 0 Å². The molecule has 124 valence electrons. The largest absolute Gasteiger partial charge is 0.274 e. The first kappa shape index (κ1) is 14.4. The van der Waals surface area contributed by atoms with Crippen LogP contribution >= 0.6 is 0 Å². The van der Waals surface area contributed by atoms with Crippen molar-refractivity contribution in [2.75, 3.05) is 4.90 Å². The second-order valence-corrected chi connectivity index (χ2v) is 7.59. The highest BCUT2D eigenvalue weighted by atomic mass is 19.1. The van der Waals surface area contributed by atoms with Crippen LogP contribution < -0.4 is 4.90 Å². The van der Waals surface area contributed by atoms with Gasteiger partial charge < -0.3 is 0 Å². The van der Waals surface area contributed by atoms with E-state index < -0.39 is 0 Å². The minimum atomic E-state index is -0.354. The Labute approximate surface area is 140 Å². The zero-order valence-electron chi connectivity index (χ0n) is 13.5. The van der Waals surface area contributed by atoms with Crippen molar-refractivity contribution in [1.29, 1.82) is 0 Å². The summed E-state index contributed by atoms with van der Waals surface area (Å²) >= 11 is 0. The lowest BCUT2D eigenvalue weighted by Gasteiger charge is -2.34. The lowest BCUT2D eigenvalue weighted by Crippen LogP contribution is -2.35. The molecule has 1 aliphatic heterocycles. The highest BCUT2D eigenvalue weighted by molar-refractivity contribution is 6.22. The summed E-state index contributed by atoms with van der Waals surface area (Å²) in [5.74, 6) is -0.326. The van der Waals surface area contributed by atoms with E-state index in [0.29, 0.717) is 5.69 Å². The van der Waals surface area contributed by atoms with Crippen molar-refractivity contribution >= 4 is 17.5 Å². The van der Waals surface area contributed by atoms with Crippen molar-refractivity contribution in [1.82, 2.24) is 0 Å². The Hall–Kier alpha value is -1.97. The molecule has 24 heavy (non-hydrogen) atoms. The number of anilines is 1. The number of fused-ring (bicyclic) bond motifs is 5. The van der Waals surface area contributed by atoms with E-state index in [-0.39, 0.29) is 41.3 Å². The van der Waals surface area contributed by atoms with Crippen molar-refractivity contribution in [2.24, 2.45) is 23.7 Å². The molecule has 5 rings (SSSR count). The number of amides is 2. The summed E-state index contributed by atoms with van der Waals surface area (Å²) in [4.78, 5) is 27.7. The molecule has 0 radical (unpaired) electrons. The number of imide groups is 1. The Kier molecular flexibility index (Phi) is 3.00. The van der Waals surface area contributed by atoms with Crippen LogP contribution in [0.2, 0.25) is 0 Å². The molecule has 2 saturated carbocycles. The van der Waals surface area contributed by atoms with Gasteiger partial charge in [0.25, 0.3) is 0 Å². The maximum absolute atomic E-state index is 13.2. The Bertz CT molecular complexity index is 724. The minimum absolute atomic E-state index is 0.0630. The Morgan fingerprint density at radius 3 is 1.83 bits per heavy atom. The Morgan fingerprint density at radius 2 is 1.33 bits per heavy atom. The third kappa shape index (κ3) is 1.77. The first-order chi connectivity index (χ1) is 11.7. The van der Waals surface area contributed by atoms with Gasteiger partial charge in [0, 0.05) is 0 Å². The molecule has 1 aromatic rings. The molecule has 3 nitrogen and oxygen atoms in total. The number of allylic oxidation sites excluding steroid dienone is 2. The molecular weight excluding hydrogens is 305 g/mol. The molecule has 4 atom stereocenters. The molecule has 1 saturated heterocycles. The van der Waals surface area contributed by atoms with Gasteiger partial charge in [0.05, 0.1) is 17.5 Å². The van der Waals surface area contributed by atoms with Gasteiger partial charge in [-0.25, -0.2) is 4.39 Å². The molecule has 3 aliphatic carbocycles. The molecule has 0 spiro atoms. The smallest absolute Gasteiger partial charge is 0.238 e. The summed E-state index contributed by atoms with van der Waals surface area (Å²) in [6, 6.07) is 5.72. The van der Waals surface area contributed by atoms with E-state index in [2.05, 4.69) is 0 Å². The van der Waals surface area contributed by atoms with Crippen LogP contribution in [0.4, 0.5) is 10.1 Å². The molecule has 0 aromatic heterocycles. The fraction of sp³-hybridized carbons (Fsp3) is 0.500. The third-order valence-corrected chi connectivity index (χ3v) is 6.58. The number of hydrogen-bond acceptors (Lipinski definition) is 2. The van der Waals surface area contributed by atoms with Crippen LogP contribution in [0.5, 0.6) is 0 Å². The number of carbonyl (C=O) groups is 2. The Morgan fingerprint density at radius 1 is 0.833 bits per heavy atom. The van der Waals surface area contributed by atoms with Crippen LogP contribution in [-0.2, 0) is 9.59 Å². The van der Waals surface area contributed by atoms with Crippen LogP contribution in [0.15, 0.2) is 35.4 Å². The van der Waals surface area contributed by atoms with Crippen molar-refractivity contribution < 1.29 is 14.0 Å². The van der Waals surface area contributed by atoms with Gasteiger partial charge in [-0.05, 0) is 74.6 Å². The van der Waals surface area contributed by atoms with E-state index >= 15 is 0 Å². The summed E-state index contributed by atoms with van der Waals surface area (Å²) in [5.41, 5.74) is 3.52. The molecule has 1 aromatic carbocycles. The van der Waals surface area contributed by atoms with Gasteiger partial charge in [-0.1, -0.05) is 11.1 Å². The second-order valence-electron chi connectivity index (χ2n) is 7.59. The first-order valence-corrected chi connectivity index (χ1v) is 9.02. The predicted octanol–water partition coefficient (Wildman–Crippen LogP) is 3.84. The lowest BCUT2D eigenvalue weighted by molar-refractivity contribution is -0.122. The number of carbonyl (C=O) groups excluding carboxylic acids is 2. The van der Waals surface area contributed by atoms with Gasteiger partial charge in [-0.15, -0.1) is 0 Å². The second kappa shape index (κ2) is 5.01. The molecule has 3 fully saturated rings. The number of halogens is 1. The summed E-state index contributed by atoms with van der Waals surface area (Å²) in [5, 5.41) is 0. The van der Waals surface area contributed by atoms with Crippen LogP contribution in [0.1, 0.15) is 38.5 Å². The quantitative estimate of drug-likeness (QED) is 0.581. The molecule has 0 unspecified atom stereocenters. The minimum Gasteiger partial charge on any atom is -0.274 e. The maximum Gasteiger partial charge on any atom is 0.238 e. The van der Waals surface area contributed by atoms with Gasteiger partial charge in [-0.3, -0.25) is 14.5 Å². The van der Waals surface area contributed by atoms with Gasteiger partial charge in [-0.2, -0.15) is 0 Å². The summed E-state index contributed by atoms with van der Waals surface area (Å²) in [6.07, 6.45) is 6.55. The summed E-state index contributed by atoms with van der Waals surface area (Å²) in [7, 11) is 0. The molecule has 2 amide bonds. The fourth-order valence-electron chi connectivity index (χ4n) is 5.74. The van der Waals surface area contributed by atoms with Gasteiger partial charge in [0.2, 0.25) is 11.8 Å². The van der Waals surface area contributed by atoms with Crippen molar-refractivity contribution in [3.05, 3.63) is 41.2 Å². The molecule has 1 heterocycles. The number of nitrogens with zero attached hydrogens (tertiary/aromatic N) is 1. The highest BCUT2D eigenvalue weighted by Crippen LogP contribution is 2.57. The van der Waals surface area contributed by atoms with Crippen LogP contribution in [0, 0.1) is 29.5 Å². The summed E-state index contributed by atoms with van der Waals surface area (Å²) in [6.45, 7) is 0. The molecule has 4 aliphatic rings. The van der Waals surface area contributed by atoms with E-state index in [4.69, 9.17) is 0 Å². The van der Waals surface area contributed by atoms with Gasteiger partial charge in [0.15, 0.2) is 0 Å². The predicted molar refractivity (Wildman–Crippen MR) is 87.6 cm³/mol. The zero-order valence-corrected chi connectivity index (χ0v) is 13.5. The normalized spacial score (nSPS) is 34.6. The Balaban J connectivity index is 1.60. The van der Waals surface area contributed by atoms with E-state index in [1.54, 1.807) is 12.1 Å². The van der Waals surface area contributed by atoms with Crippen LogP contribution in [-0.4, -0.2) is 11.8 Å². The number of hydrogen-bond donors (Lipinski definition) is 0. The average molecular weight is 325 g/mol. The summed E-state index contributed by atoms with van der Waals surface area (Å²) < 4.78 is 13.2. The highest BCUT2D eigenvalue weighted by Gasteiger charge is 2.59. The fourth-order valence-corrected chi connectivity index (χ4v) is 5.74. The standard InChI is InChI=1S/C20H20FNO2/c21-11-7-9-12(10-8-11)22-19(23)17-15-5-1-3-13(15)14-4-2-6-16(14)18(17)20(22)24/h7-10,15-18H,1-6H2/t15-,16+,17-,18+. The molecule has 4 heteroatoms. The monoisotopic (exact) mass is 325 g/mol. The third-order valence-electron chi connectivity index (χ3n) is 6.58. The topological polar surface area (TPSA) is 37.4 Å².